The monoisotopic (exact) mass is 550 g/mol. The number of halogens is 2. The summed E-state index contributed by atoms with van der Waals surface area (Å²) in [6.07, 6.45) is 9.43. The molecule has 0 aliphatic heterocycles. The molecule has 216 valence electrons. The first-order chi connectivity index (χ1) is 19.1. The first-order valence-corrected chi connectivity index (χ1v) is 14.1. The van der Waals surface area contributed by atoms with Crippen molar-refractivity contribution in [1.82, 2.24) is 5.32 Å². The van der Waals surface area contributed by atoms with Gasteiger partial charge in [-0.15, -0.1) is 0 Å². The molecule has 2 aromatic carbocycles. The number of nitrogens with one attached hydrogen (secondary N) is 2. The highest BCUT2D eigenvalue weighted by atomic mass is 19.2. The Morgan fingerprint density at radius 3 is 2.30 bits per heavy atom. The molecule has 40 heavy (non-hydrogen) atoms. The number of carbonyl (C=O) groups excluding carboxylic acids is 1. The third-order valence-electron chi connectivity index (χ3n) is 6.66. The van der Waals surface area contributed by atoms with Crippen molar-refractivity contribution >= 4 is 28.7 Å². The van der Waals surface area contributed by atoms with E-state index in [9.17, 15) is 13.6 Å². The molecule has 2 aromatic rings. The smallest absolute Gasteiger partial charge is 0.251 e. The molecule has 1 atom stereocenters. The van der Waals surface area contributed by atoms with Crippen molar-refractivity contribution < 1.29 is 13.6 Å². The number of nitrogens with zero attached hydrogens (tertiary/aromatic N) is 2. The largest absolute Gasteiger partial charge is 0.352 e. The van der Waals surface area contributed by atoms with Crippen molar-refractivity contribution in [2.75, 3.05) is 11.9 Å². The van der Waals surface area contributed by atoms with Crippen LogP contribution in [0.4, 0.5) is 14.5 Å². The molecule has 0 bridgehead atoms. The molecule has 0 aromatic heterocycles. The van der Waals surface area contributed by atoms with Crippen molar-refractivity contribution in [1.29, 1.82) is 0 Å². The fourth-order valence-electron chi connectivity index (χ4n) is 4.15. The van der Waals surface area contributed by atoms with Crippen molar-refractivity contribution in [3.63, 3.8) is 0 Å². The number of amidine groups is 1. The van der Waals surface area contributed by atoms with Gasteiger partial charge < -0.3 is 10.6 Å². The Morgan fingerprint density at radius 1 is 0.975 bits per heavy atom. The SMILES string of the molecule is C/C=C\N=C(Nc1ccc(C(=O)NCC(CCC)CCC(C)C)cc1)C(C)=N/C=C(\C)c1ccc(C)c(F)c1F. The fourth-order valence-corrected chi connectivity index (χ4v) is 4.15. The van der Waals surface area contributed by atoms with E-state index < -0.39 is 11.6 Å². The Labute approximate surface area is 238 Å². The number of aryl methyl sites for hydroxylation is 1. The minimum atomic E-state index is -0.886. The van der Waals surface area contributed by atoms with Gasteiger partial charge in [0.15, 0.2) is 17.5 Å². The summed E-state index contributed by atoms with van der Waals surface area (Å²) >= 11 is 0. The van der Waals surface area contributed by atoms with Crippen LogP contribution in [0.5, 0.6) is 0 Å². The van der Waals surface area contributed by atoms with Crippen LogP contribution in [0.15, 0.2) is 64.9 Å². The third kappa shape index (κ3) is 10.2. The minimum absolute atomic E-state index is 0.0851. The fraction of sp³-hybridized carbons (Fsp3) is 0.424. The first kappa shape index (κ1) is 32.6. The van der Waals surface area contributed by atoms with Crippen molar-refractivity contribution in [3.05, 3.63) is 83.2 Å². The predicted octanol–water partition coefficient (Wildman–Crippen LogP) is 8.72. The van der Waals surface area contributed by atoms with Gasteiger partial charge in [-0.3, -0.25) is 9.79 Å². The van der Waals surface area contributed by atoms with E-state index in [0.29, 0.717) is 41.1 Å². The molecule has 0 aliphatic rings. The zero-order valence-corrected chi connectivity index (χ0v) is 24.9. The van der Waals surface area contributed by atoms with E-state index in [1.54, 1.807) is 50.4 Å². The van der Waals surface area contributed by atoms with Crippen LogP contribution in [0.3, 0.4) is 0 Å². The highest BCUT2D eigenvalue weighted by Crippen LogP contribution is 2.22. The number of rotatable bonds is 13. The number of hydrogen-bond acceptors (Lipinski definition) is 3. The summed E-state index contributed by atoms with van der Waals surface area (Å²) in [5, 5.41) is 6.34. The van der Waals surface area contributed by atoms with Crippen LogP contribution in [0, 0.1) is 30.4 Å². The Morgan fingerprint density at radius 2 is 1.68 bits per heavy atom. The topological polar surface area (TPSA) is 65.8 Å². The van der Waals surface area contributed by atoms with E-state index in [1.807, 2.05) is 19.1 Å². The summed E-state index contributed by atoms with van der Waals surface area (Å²) in [7, 11) is 0. The molecule has 0 saturated carbocycles. The molecule has 1 unspecified atom stereocenters. The molecule has 0 spiro atoms. The Kier molecular flexibility index (Phi) is 13.4. The molecular formula is C33H44F2N4O. The standard InChI is InChI=1S/C33H44F2N4O/c1-8-10-26(13-11-22(3)4)21-38-33(40)27-14-16-28(17-15-27)39-32(36-19-9-2)25(7)37-20-24(6)29-18-12-23(5)30(34)31(29)35/h9,12,14-20,22,26H,8,10-11,13,21H2,1-7H3,(H,36,39)(H,38,40)/b19-9-,24-20+,37-25?. The summed E-state index contributed by atoms with van der Waals surface area (Å²) < 4.78 is 28.4. The van der Waals surface area contributed by atoms with E-state index in [0.717, 1.165) is 31.4 Å². The Balaban J connectivity index is 2.12. The van der Waals surface area contributed by atoms with Crippen LogP contribution in [-0.2, 0) is 0 Å². The van der Waals surface area contributed by atoms with E-state index in [2.05, 4.69) is 41.4 Å². The number of hydrogen-bond donors (Lipinski definition) is 2. The maximum absolute atomic E-state index is 14.4. The molecule has 5 nitrogen and oxygen atoms in total. The predicted molar refractivity (Wildman–Crippen MR) is 165 cm³/mol. The van der Waals surface area contributed by atoms with Gasteiger partial charge in [0.05, 0.1) is 5.71 Å². The number of amides is 1. The second kappa shape index (κ2) is 16.5. The summed E-state index contributed by atoms with van der Waals surface area (Å²) in [5.74, 6) is -0.189. The van der Waals surface area contributed by atoms with Crippen LogP contribution < -0.4 is 10.6 Å². The lowest BCUT2D eigenvalue weighted by Crippen LogP contribution is -2.29. The number of aliphatic imine (C=N–C) groups is 2. The minimum Gasteiger partial charge on any atom is -0.352 e. The number of anilines is 1. The van der Waals surface area contributed by atoms with Crippen molar-refractivity contribution in [2.24, 2.45) is 21.8 Å². The van der Waals surface area contributed by atoms with Crippen LogP contribution in [0.1, 0.15) is 88.7 Å². The molecule has 0 radical (unpaired) electrons. The van der Waals surface area contributed by atoms with Crippen LogP contribution in [0.2, 0.25) is 0 Å². The summed E-state index contributed by atoms with van der Waals surface area (Å²) in [6, 6.07) is 10.3. The highest BCUT2D eigenvalue weighted by molar-refractivity contribution is 6.45. The molecule has 0 fully saturated rings. The lowest BCUT2D eigenvalue weighted by Gasteiger charge is -2.18. The molecule has 0 heterocycles. The Hall–Kier alpha value is -3.61. The summed E-state index contributed by atoms with van der Waals surface area (Å²) in [6.45, 7) is 14.2. The summed E-state index contributed by atoms with van der Waals surface area (Å²) in [5.41, 5.74) is 2.78. The molecule has 1 amide bonds. The van der Waals surface area contributed by atoms with Crippen LogP contribution >= 0.6 is 0 Å². The second-order valence-electron chi connectivity index (χ2n) is 10.6. The molecule has 7 heteroatoms. The Bertz CT molecular complexity index is 1240. The number of benzene rings is 2. The summed E-state index contributed by atoms with van der Waals surface area (Å²) in [4.78, 5) is 21.6. The number of allylic oxidation sites excluding steroid dienone is 2. The number of carbonyl (C=O) groups is 1. The quantitative estimate of drug-likeness (QED) is 0.193. The average Bonchev–Trinajstić information content (AvgIpc) is 2.94. The van der Waals surface area contributed by atoms with E-state index in [1.165, 1.54) is 13.1 Å². The van der Waals surface area contributed by atoms with Gasteiger partial charge in [0.25, 0.3) is 5.91 Å². The van der Waals surface area contributed by atoms with E-state index in [-0.39, 0.29) is 17.0 Å². The molecule has 2 rings (SSSR count). The third-order valence-corrected chi connectivity index (χ3v) is 6.66. The maximum atomic E-state index is 14.4. The first-order valence-electron chi connectivity index (χ1n) is 14.1. The van der Waals surface area contributed by atoms with Crippen LogP contribution in [0.25, 0.3) is 5.57 Å². The van der Waals surface area contributed by atoms with Gasteiger partial charge in [-0.05, 0) is 87.8 Å². The lowest BCUT2D eigenvalue weighted by molar-refractivity contribution is 0.0945. The molecule has 0 aliphatic carbocycles. The highest BCUT2D eigenvalue weighted by Gasteiger charge is 2.14. The lowest BCUT2D eigenvalue weighted by atomic mass is 9.94. The average molecular weight is 551 g/mol. The van der Waals surface area contributed by atoms with E-state index in [4.69, 9.17) is 0 Å². The molecule has 2 N–H and O–H groups in total. The zero-order chi connectivity index (χ0) is 29.7. The second-order valence-corrected chi connectivity index (χ2v) is 10.6. The van der Waals surface area contributed by atoms with Gasteiger partial charge in [0, 0.05) is 35.8 Å². The normalized spacial score (nSPS) is 13.7. The van der Waals surface area contributed by atoms with Crippen LogP contribution in [-0.4, -0.2) is 24.0 Å². The molecule has 0 saturated heterocycles. The van der Waals surface area contributed by atoms with E-state index >= 15 is 0 Å². The zero-order valence-electron chi connectivity index (χ0n) is 24.9. The van der Waals surface area contributed by atoms with Gasteiger partial charge in [-0.1, -0.05) is 51.8 Å². The van der Waals surface area contributed by atoms with Gasteiger partial charge in [-0.25, -0.2) is 13.8 Å². The maximum Gasteiger partial charge on any atom is 0.251 e. The van der Waals surface area contributed by atoms with Crippen molar-refractivity contribution in [2.45, 2.75) is 74.1 Å². The van der Waals surface area contributed by atoms with Gasteiger partial charge >= 0.3 is 0 Å². The molecular weight excluding hydrogens is 506 g/mol. The van der Waals surface area contributed by atoms with Gasteiger partial charge in [0.1, 0.15) is 0 Å². The van der Waals surface area contributed by atoms with Gasteiger partial charge in [0.2, 0.25) is 0 Å². The van der Waals surface area contributed by atoms with Gasteiger partial charge in [-0.2, -0.15) is 0 Å². The van der Waals surface area contributed by atoms with Crippen molar-refractivity contribution in [3.8, 4) is 0 Å².